The molecule has 0 unspecified atom stereocenters. The first-order chi connectivity index (χ1) is 9.60. The van der Waals surface area contributed by atoms with E-state index < -0.39 is 0 Å². The number of aromatic amines is 1. The summed E-state index contributed by atoms with van der Waals surface area (Å²) in [5.74, 6) is -0.156. The van der Waals surface area contributed by atoms with Crippen molar-refractivity contribution in [3.63, 3.8) is 0 Å². The van der Waals surface area contributed by atoms with Gasteiger partial charge in [-0.1, -0.05) is 23.0 Å². The van der Waals surface area contributed by atoms with Gasteiger partial charge in [0.25, 0.3) is 5.91 Å². The Morgan fingerprint density at radius 1 is 1.40 bits per heavy atom. The zero-order valence-corrected chi connectivity index (χ0v) is 12.3. The maximum Gasteiger partial charge on any atom is 0.304 e. The van der Waals surface area contributed by atoms with Gasteiger partial charge in [-0.05, 0) is 26.0 Å². The van der Waals surface area contributed by atoms with Crippen LogP contribution in [0.4, 0.5) is 5.69 Å². The summed E-state index contributed by atoms with van der Waals surface area (Å²) in [6.07, 6.45) is 0. The van der Waals surface area contributed by atoms with E-state index in [1.807, 2.05) is 32.0 Å². The average Bonchev–Trinajstić information content (AvgIpc) is 2.84. The van der Waals surface area contributed by atoms with Crippen LogP contribution in [0, 0.1) is 6.92 Å². The Hall–Kier alpha value is -2.08. The second-order valence-electron chi connectivity index (χ2n) is 4.44. The molecule has 0 aliphatic heterocycles. The number of H-pyrrole nitrogens is 1. The van der Waals surface area contributed by atoms with Crippen molar-refractivity contribution < 1.29 is 4.79 Å². The van der Waals surface area contributed by atoms with Crippen molar-refractivity contribution in [2.75, 3.05) is 11.9 Å². The highest BCUT2D eigenvalue weighted by molar-refractivity contribution is 7.07. The van der Waals surface area contributed by atoms with E-state index in [0.717, 1.165) is 29.1 Å². The summed E-state index contributed by atoms with van der Waals surface area (Å²) in [6.45, 7) is 5.00. The Morgan fingerprint density at radius 3 is 2.85 bits per heavy atom. The van der Waals surface area contributed by atoms with Gasteiger partial charge in [0.15, 0.2) is 0 Å². The fraction of sp³-hybridized carbons (Fsp3) is 0.286. The Balaban J connectivity index is 2.11. The minimum atomic E-state index is -0.156. The van der Waals surface area contributed by atoms with Crippen LogP contribution in [0.2, 0.25) is 0 Å². The minimum Gasteiger partial charge on any atom is -0.385 e. The number of hydrogen-bond acceptors (Lipinski definition) is 4. The highest BCUT2D eigenvalue weighted by Gasteiger charge is 2.11. The molecule has 6 heteroatoms. The van der Waals surface area contributed by atoms with Crippen LogP contribution in [0.1, 0.15) is 28.5 Å². The van der Waals surface area contributed by atoms with Gasteiger partial charge in [0, 0.05) is 23.3 Å². The summed E-state index contributed by atoms with van der Waals surface area (Å²) in [4.78, 5) is 25.8. The molecule has 1 amide bonds. The van der Waals surface area contributed by atoms with E-state index in [4.69, 9.17) is 0 Å². The third kappa shape index (κ3) is 3.48. The molecule has 20 heavy (non-hydrogen) atoms. The monoisotopic (exact) mass is 291 g/mol. The van der Waals surface area contributed by atoms with Crippen LogP contribution in [-0.2, 0) is 6.54 Å². The standard InChI is InChI=1S/C14H17N3O2S/c1-3-15-12-5-4-9(2)6-11(12)13(18)16-7-10-8-20-14(19)17-10/h4-6,8,15H,3,7H2,1-2H3,(H,16,18)(H,17,19). The molecule has 0 saturated carbocycles. The number of carbonyl (C=O) groups excluding carboxylic acids is 1. The molecule has 0 aliphatic carbocycles. The third-order valence-corrected chi connectivity index (χ3v) is 3.52. The summed E-state index contributed by atoms with van der Waals surface area (Å²) >= 11 is 1.09. The van der Waals surface area contributed by atoms with Crippen molar-refractivity contribution in [2.24, 2.45) is 0 Å². The lowest BCUT2D eigenvalue weighted by atomic mass is 10.1. The molecule has 1 heterocycles. The number of hydrogen-bond donors (Lipinski definition) is 3. The molecular formula is C14H17N3O2S. The van der Waals surface area contributed by atoms with Crippen molar-refractivity contribution in [1.82, 2.24) is 10.3 Å². The van der Waals surface area contributed by atoms with E-state index in [0.29, 0.717) is 17.8 Å². The van der Waals surface area contributed by atoms with Gasteiger partial charge in [0.05, 0.1) is 12.1 Å². The first-order valence-electron chi connectivity index (χ1n) is 6.39. The molecule has 0 bridgehead atoms. The SMILES string of the molecule is CCNc1ccc(C)cc1C(=O)NCc1csc(=O)[nH]1. The van der Waals surface area contributed by atoms with Crippen LogP contribution in [-0.4, -0.2) is 17.4 Å². The number of aryl methyl sites for hydroxylation is 1. The molecule has 2 rings (SSSR count). The number of benzene rings is 1. The van der Waals surface area contributed by atoms with Gasteiger partial charge in [-0.2, -0.15) is 0 Å². The molecule has 0 fully saturated rings. The highest BCUT2D eigenvalue weighted by Crippen LogP contribution is 2.17. The molecule has 1 aromatic heterocycles. The van der Waals surface area contributed by atoms with Crippen LogP contribution in [0.25, 0.3) is 0 Å². The lowest BCUT2D eigenvalue weighted by Crippen LogP contribution is -2.24. The van der Waals surface area contributed by atoms with Crippen molar-refractivity contribution in [2.45, 2.75) is 20.4 Å². The van der Waals surface area contributed by atoms with Gasteiger partial charge in [0.1, 0.15) is 0 Å². The quantitative estimate of drug-likeness (QED) is 0.790. The number of carbonyl (C=O) groups is 1. The Bertz CT molecular complexity index is 660. The normalized spacial score (nSPS) is 10.3. The Labute approximate surface area is 121 Å². The van der Waals surface area contributed by atoms with Crippen LogP contribution in [0.5, 0.6) is 0 Å². The Morgan fingerprint density at radius 2 is 2.20 bits per heavy atom. The fourth-order valence-corrected chi connectivity index (χ4v) is 2.44. The molecule has 0 spiro atoms. The lowest BCUT2D eigenvalue weighted by Gasteiger charge is -2.11. The molecular weight excluding hydrogens is 274 g/mol. The van der Waals surface area contributed by atoms with Crippen molar-refractivity contribution in [3.05, 3.63) is 50.1 Å². The lowest BCUT2D eigenvalue weighted by molar-refractivity contribution is 0.0951. The largest absolute Gasteiger partial charge is 0.385 e. The summed E-state index contributed by atoms with van der Waals surface area (Å²) in [6, 6.07) is 5.72. The highest BCUT2D eigenvalue weighted by atomic mass is 32.1. The van der Waals surface area contributed by atoms with E-state index in [1.54, 1.807) is 5.38 Å². The van der Waals surface area contributed by atoms with Crippen LogP contribution in [0.15, 0.2) is 28.4 Å². The summed E-state index contributed by atoms with van der Waals surface area (Å²) < 4.78 is 0. The molecule has 0 radical (unpaired) electrons. The maximum absolute atomic E-state index is 12.2. The predicted molar refractivity (Wildman–Crippen MR) is 81.5 cm³/mol. The minimum absolute atomic E-state index is 0.113. The van der Waals surface area contributed by atoms with Crippen LogP contribution >= 0.6 is 11.3 Å². The van der Waals surface area contributed by atoms with Gasteiger partial charge in [-0.15, -0.1) is 0 Å². The number of aromatic nitrogens is 1. The topological polar surface area (TPSA) is 74.0 Å². The molecule has 0 saturated heterocycles. The number of thiazole rings is 1. The van der Waals surface area contributed by atoms with Gasteiger partial charge in [-0.25, -0.2) is 0 Å². The van der Waals surface area contributed by atoms with Gasteiger partial charge >= 0.3 is 4.87 Å². The van der Waals surface area contributed by atoms with E-state index in [2.05, 4.69) is 15.6 Å². The molecule has 3 N–H and O–H groups in total. The average molecular weight is 291 g/mol. The zero-order chi connectivity index (χ0) is 14.5. The van der Waals surface area contributed by atoms with Crippen molar-refractivity contribution >= 4 is 22.9 Å². The maximum atomic E-state index is 12.2. The fourth-order valence-electron chi connectivity index (χ4n) is 1.86. The molecule has 0 atom stereocenters. The van der Waals surface area contributed by atoms with Crippen LogP contribution in [0.3, 0.4) is 0 Å². The van der Waals surface area contributed by atoms with Gasteiger partial charge in [-0.3, -0.25) is 9.59 Å². The van der Waals surface area contributed by atoms with Gasteiger partial charge < -0.3 is 15.6 Å². The van der Waals surface area contributed by atoms with E-state index >= 15 is 0 Å². The summed E-state index contributed by atoms with van der Waals surface area (Å²) in [5.41, 5.74) is 3.17. The van der Waals surface area contributed by atoms with E-state index in [1.165, 1.54) is 0 Å². The number of amides is 1. The zero-order valence-electron chi connectivity index (χ0n) is 11.4. The summed E-state index contributed by atoms with van der Waals surface area (Å²) in [7, 11) is 0. The number of rotatable bonds is 5. The molecule has 1 aromatic carbocycles. The van der Waals surface area contributed by atoms with Crippen LogP contribution < -0.4 is 15.5 Å². The number of anilines is 1. The predicted octanol–water partition coefficient (Wildman–Crippen LogP) is 2.11. The van der Waals surface area contributed by atoms with Crippen molar-refractivity contribution in [3.8, 4) is 0 Å². The smallest absolute Gasteiger partial charge is 0.304 e. The number of nitrogens with one attached hydrogen (secondary N) is 3. The van der Waals surface area contributed by atoms with Gasteiger partial charge in [0.2, 0.25) is 0 Å². The first kappa shape index (κ1) is 14.3. The summed E-state index contributed by atoms with van der Waals surface area (Å²) in [5, 5.41) is 7.69. The third-order valence-electron chi connectivity index (χ3n) is 2.80. The van der Waals surface area contributed by atoms with E-state index in [-0.39, 0.29) is 10.8 Å². The second kappa shape index (κ2) is 6.38. The molecule has 106 valence electrons. The van der Waals surface area contributed by atoms with Crippen molar-refractivity contribution in [1.29, 1.82) is 0 Å². The molecule has 5 nitrogen and oxygen atoms in total. The Kier molecular flexibility index (Phi) is 4.57. The van der Waals surface area contributed by atoms with E-state index in [9.17, 15) is 9.59 Å². The second-order valence-corrected chi connectivity index (χ2v) is 5.28. The first-order valence-corrected chi connectivity index (χ1v) is 7.27. The molecule has 0 aliphatic rings. The molecule has 2 aromatic rings.